The second-order valence-electron chi connectivity index (χ2n) is 3.21. The van der Waals surface area contributed by atoms with Gasteiger partial charge in [-0.05, 0) is 25.8 Å². The number of para-hydroxylation sites is 1. The predicted molar refractivity (Wildman–Crippen MR) is 61.6 cm³/mol. The zero-order chi connectivity index (χ0) is 9.97. The third-order valence-corrected chi connectivity index (χ3v) is 2.29. The average molecular weight is 184 g/mol. The topological polar surface area (TPSA) is 28.1 Å². The molecule has 0 radical (unpaired) electrons. The van der Waals surface area contributed by atoms with Crippen molar-refractivity contribution in [3.8, 4) is 0 Å². The molecule has 2 aromatic rings. The summed E-state index contributed by atoms with van der Waals surface area (Å²) in [5, 5.41) is 1.23. The van der Waals surface area contributed by atoms with E-state index in [1.165, 1.54) is 10.9 Å². The van der Waals surface area contributed by atoms with E-state index in [-0.39, 0.29) is 0 Å². The molecule has 2 heteroatoms. The number of benzene rings is 1. The van der Waals surface area contributed by atoms with Crippen LogP contribution in [0.1, 0.15) is 11.3 Å². The van der Waals surface area contributed by atoms with Crippen LogP contribution in [-0.2, 0) is 0 Å². The SMILES string of the molecule is C=N/C=C\c1c(C)[nH]c2ccccc12. The highest BCUT2D eigenvalue weighted by atomic mass is 14.7. The molecule has 0 unspecified atom stereocenters. The number of nitrogens with zero attached hydrogens (tertiary/aromatic N) is 1. The number of hydrogen-bond donors (Lipinski definition) is 1. The van der Waals surface area contributed by atoms with Crippen molar-refractivity contribution in [2.75, 3.05) is 0 Å². The lowest BCUT2D eigenvalue weighted by Crippen LogP contribution is -1.72. The van der Waals surface area contributed by atoms with Crippen LogP contribution in [0.4, 0.5) is 0 Å². The maximum Gasteiger partial charge on any atom is 0.0462 e. The van der Waals surface area contributed by atoms with E-state index in [1.807, 2.05) is 18.2 Å². The molecule has 1 aromatic heterocycles. The fourth-order valence-corrected chi connectivity index (χ4v) is 1.64. The lowest BCUT2D eigenvalue weighted by atomic mass is 10.1. The molecular formula is C12H12N2. The molecule has 2 nitrogen and oxygen atoms in total. The van der Waals surface area contributed by atoms with E-state index in [0.29, 0.717) is 0 Å². The third-order valence-electron chi connectivity index (χ3n) is 2.29. The second-order valence-corrected chi connectivity index (χ2v) is 3.21. The van der Waals surface area contributed by atoms with Crippen LogP contribution in [0.25, 0.3) is 17.0 Å². The third kappa shape index (κ3) is 1.35. The van der Waals surface area contributed by atoms with Crippen LogP contribution in [0.15, 0.2) is 35.5 Å². The molecule has 0 saturated heterocycles. The van der Waals surface area contributed by atoms with E-state index in [1.54, 1.807) is 6.20 Å². The van der Waals surface area contributed by atoms with Crippen molar-refractivity contribution >= 4 is 23.7 Å². The minimum absolute atomic E-state index is 1.16. The van der Waals surface area contributed by atoms with Gasteiger partial charge in [-0.25, -0.2) is 0 Å². The Morgan fingerprint density at radius 2 is 2.14 bits per heavy atom. The van der Waals surface area contributed by atoms with Crippen molar-refractivity contribution in [3.63, 3.8) is 0 Å². The van der Waals surface area contributed by atoms with Gasteiger partial charge < -0.3 is 4.98 Å². The molecule has 1 aromatic carbocycles. The highest BCUT2D eigenvalue weighted by Gasteiger charge is 2.03. The first-order chi connectivity index (χ1) is 6.83. The molecule has 14 heavy (non-hydrogen) atoms. The van der Waals surface area contributed by atoms with E-state index >= 15 is 0 Å². The number of aromatic amines is 1. The predicted octanol–water partition coefficient (Wildman–Crippen LogP) is 3.15. The van der Waals surface area contributed by atoms with Crippen molar-refractivity contribution < 1.29 is 0 Å². The summed E-state index contributed by atoms with van der Waals surface area (Å²) in [4.78, 5) is 7.04. The van der Waals surface area contributed by atoms with Crippen LogP contribution >= 0.6 is 0 Å². The molecule has 0 atom stereocenters. The largest absolute Gasteiger partial charge is 0.358 e. The Morgan fingerprint density at radius 1 is 1.36 bits per heavy atom. The van der Waals surface area contributed by atoms with Crippen molar-refractivity contribution in [1.29, 1.82) is 0 Å². The van der Waals surface area contributed by atoms with Gasteiger partial charge in [0.15, 0.2) is 0 Å². The second kappa shape index (κ2) is 3.50. The van der Waals surface area contributed by atoms with Crippen molar-refractivity contribution in [3.05, 3.63) is 41.7 Å². The van der Waals surface area contributed by atoms with Gasteiger partial charge in [-0.3, -0.25) is 4.99 Å². The Hall–Kier alpha value is -1.83. The summed E-state index contributed by atoms with van der Waals surface area (Å²) in [6, 6.07) is 8.23. The maximum absolute atomic E-state index is 3.71. The first-order valence-electron chi connectivity index (χ1n) is 4.52. The van der Waals surface area contributed by atoms with Gasteiger partial charge in [-0.2, -0.15) is 0 Å². The molecule has 0 aliphatic rings. The molecule has 0 spiro atoms. The van der Waals surface area contributed by atoms with Crippen LogP contribution in [0, 0.1) is 6.92 Å². The lowest BCUT2D eigenvalue weighted by molar-refractivity contribution is 1.29. The average Bonchev–Trinajstić information content (AvgIpc) is 2.51. The van der Waals surface area contributed by atoms with Gasteiger partial charge in [0.1, 0.15) is 0 Å². The lowest BCUT2D eigenvalue weighted by Gasteiger charge is -1.90. The Bertz CT molecular complexity index is 492. The van der Waals surface area contributed by atoms with Crippen LogP contribution in [0.5, 0.6) is 0 Å². The molecule has 0 bridgehead atoms. The van der Waals surface area contributed by atoms with E-state index in [2.05, 4.69) is 35.8 Å². The minimum Gasteiger partial charge on any atom is -0.358 e. The molecule has 1 heterocycles. The Labute approximate surface area is 83.0 Å². The minimum atomic E-state index is 1.16. The highest BCUT2D eigenvalue weighted by molar-refractivity contribution is 5.90. The monoisotopic (exact) mass is 184 g/mol. The molecule has 0 fully saturated rings. The number of aromatic nitrogens is 1. The number of hydrogen-bond acceptors (Lipinski definition) is 1. The zero-order valence-electron chi connectivity index (χ0n) is 8.12. The van der Waals surface area contributed by atoms with E-state index in [9.17, 15) is 0 Å². The highest BCUT2D eigenvalue weighted by Crippen LogP contribution is 2.22. The fourth-order valence-electron chi connectivity index (χ4n) is 1.64. The molecular weight excluding hydrogens is 172 g/mol. The number of H-pyrrole nitrogens is 1. The van der Waals surface area contributed by atoms with E-state index in [4.69, 9.17) is 0 Å². The standard InChI is InChI=1S/C12H12N2/c1-9-10(7-8-13-2)11-5-3-4-6-12(11)14-9/h3-8,14H,2H2,1H3/b8-7-. The maximum atomic E-state index is 3.71. The summed E-state index contributed by atoms with van der Waals surface area (Å²) in [7, 11) is 0. The number of aryl methyl sites for hydroxylation is 1. The summed E-state index contributed by atoms with van der Waals surface area (Å²) in [5.41, 5.74) is 3.51. The number of fused-ring (bicyclic) bond motifs is 1. The first kappa shape index (κ1) is 8.75. The molecule has 0 aliphatic heterocycles. The van der Waals surface area contributed by atoms with Gasteiger partial charge >= 0.3 is 0 Å². The number of nitrogens with one attached hydrogen (secondary N) is 1. The summed E-state index contributed by atoms with van der Waals surface area (Å²) >= 11 is 0. The fraction of sp³-hybridized carbons (Fsp3) is 0.0833. The Kier molecular flexibility index (Phi) is 2.19. The quantitative estimate of drug-likeness (QED) is 0.694. The van der Waals surface area contributed by atoms with Crippen LogP contribution in [-0.4, -0.2) is 11.7 Å². The van der Waals surface area contributed by atoms with Crippen molar-refractivity contribution in [1.82, 2.24) is 4.98 Å². The molecule has 0 aliphatic carbocycles. The van der Waals surface area contributed by atoms with Gasteiger partial charge in [-0.15, -0.1) is 0 Å². The van der Waals surface area contributed by atoms with Crippen LogP contribution in [0.3, 0.4) is 0 Å². The normalized spacial score (nSPS) is 11.2. The molecule has 0 amide bonds. The van der Waals surface area contributed by atoms with Crippen LogP contribution < -0.4 is 0 Å². The number of aliphatic imine (C=N–C) groups is 1. The van der Waals surface area contributed by atoms with Crippen molar-refractivity contribution in [2.24, 2.45) is 4.99 Å². The van der Waals surface area contributed by atoms with E-state index < -0.39 is 0 Å². The van der Waals surface area contributed by atoms with Gasteiger partial charge in [0.05, 0.1) is 0 Å². The van der Waals surface area contributed by atoms with Gasteiger partial charge in [0.2, 0.25) is 0 Å². The van der Waals surface area contributed by atoms with Crippen molar-refractivity contribution in [2.45, 2.75) is 6.92 Å². The van der Waals surface area contributed by atoms with Gasteiger partial charge in [0, 0.05) is 28.4 Å². The van der Waals surface area contributed by atoms with E-state index in [0.717, 1.165) is 11.2 Å². The molecule has 1 N–H and O–H groups in total. The molecule has 2 rings (SSSR count). The number of rotatable bonds is 2. The Balaban J connectivity index is 2.67. The summed E-state index contributed by atoms with van der Waals surface area (Å²) in [6.07, 6.45) is 3.68. The van der Waals surface area contributed by atoms with Gasteiger partial charge in [0.25, 0.3) is 0 Å². The smallest absolute Gasteiger partial charge is 0.0462 e. The summed E-state index contributed by atoms with van der Waals surface area (Å²) in [5.74, 6) is 0. The summed E-state index contributed by atoms with van der Waals surface area (Å²) < 4.78 is 0. The molecule has 70 valence electrons. The molecule has 0 saturated carbocycles. The Morgan fingerprint density at radius 3 is 2.93 bits per heavy atom. The van der Waals surface area contributed by atoms with Crippen LogP contribution in [0.2, 0.25) is 0 Å². The first-order valence-corrected chi connectivity index (χ1v) is 4.52. The van der Waals surface area contributed by atoms with Gasteiger partial charge in [-0.1, -0.05) is 18.2 Å². The summed E-state index contributed by atoms with van der Waals surface area (Å²) in [6.45, 7) is 5.48. The zero-order valence-corrected chi connectivity index (χ0v) is 8.12.